The lowest BCUT2D eigenvalue weighted by Crippen LogP contribution is -2.36. The SMILES string of the molecule is C=CCCC1CCCNC1=O. The largest absolute Gasteiger partial charge is 0.356 e. The number of nitrogens with one attached hydrogen (secondary N) is 1. The fourth-order valence-corrected chi connectivity index (χ4v) is 1.43. The Bertz CT molecular complexity index is 154. The average Bonchev–Trinajstić information content (AvgIpc) is 2.03. The van der Waals surface area contributed by atoms with E-state index in [0.717, 1.165) is 32.2 Å². The molecule has 1 atom stereocenters. The summed E-state index contributed by atoms with van der Waals surface area (Å²) < 4.78 is 0. The number of carbonyl (C=O) groups excluding carboxylic acids is 1. The van der Waals surface area contributed by atoms with Gasteiger partial charge in [-0.25, -0.2) is 0 Å². The Kier molecular flexibility index (Phi) is 3.14. The van der Waals surface area contributed by atoms with Gasteiger partial charge in [0.2, 0.25) is 5.91 Å². The van der Waals surface area contributed by atoms with Gasteiger partial charge in [-0.3, -0.25) is 4.79 Å². The zero-order valence-electron chi connectivity index (χ0n) is 6.81. The highest BCUT2D eigenvalue weighted by Gasteiger charge is 2.20. The number of hydrogen-bond acceptors (Lipinski definition) is 1. The highest BCUT2D eigenvalue weighted by molar-refractivity contribution is 5.79. The van der Waals surface area contributed by atoms with E-state index >= 15 is 0 Å². The molecule has 0 radical (unpaired) electrons. The lowest BCUT2D eigenvalue weighted by molar-refractivity contribution is -0.126. The maximum Gasteiger partial charge on any atom is 0.223 e. The minimum absolute atomic E-state index is 0.234. The molecule has 0 saturated carbocycles. The van der Waals surface area contributed by atoms with Gasteiger partial charge >= 0.3 is 0 Å². The fraction of sp³-hybridized carbons (Fsp3) is 0.667. The molecule has 1 aliphatic heterocycles. The third-order valence-electron chi connectivity index (χ3n) is 2.12. The molecular formula is C9H15NO. The molecule has 62 valence electrons. The molecule has 0 bridgehead atoms. The van der Waals surface area contributed by atoms with Gasteiger partial charge in [0.15, 0.2) is 0 Å². The normalized spacial score (nSPS) is 24.4. The van der Waals surface area contributed by atoms with Gasteiger partial charge in [-0.05, 0) is 25.7 Å². The Labute approximate surface area is 67.7 Å². The number of carbonyl (C=O) groups is 1. The lowest BCUT2D eigenvalue weighted by atomic mass is 9.94. The van der Waals surface area contributed by atoms with E-state index in [2.05, 4.69) is 11.9 Å². The van der Waals surface area contributed by atoms with E-state index in [4.69, 9.17) is 0 Å². The summed E-state index contributed by atoms with van der Waals surface area (Å²) in [6.45, 7) is 4.50. The highest BCUT2D eigenvalue weighted by Crippen LogP contribution is 2.16. The molecule has 1 fully saturated rings. The van der Waals surface area contributed by atoms with Crippen LogP contribution in [0.4, 0.5) is 0 Å². The monoisotopic (exact) mass is 153 g/mol. The van der Waals surface area contributed by atoms with E-state index < -0.39 is 0 Å². The van der Waals surface area contributed by atoms with Crippen LogP contribution >= 0.6 is 0 Å². The minimum Gasteiger partial charge on any atom is -0.356 e. The van der Waals surface area contributed by atoms with Crippen LogP contribution in [0.2, 0.25) is 0 Å². The average molecular weight is 153 g/mol. The number of allylic oxidation sites excluding steroid dienone is 1. The summed E-state index contributed by atoms with van der Waals surface area (Å²) in [6.07, 6.45) is 5.99. The number of amides is 1. The molecule has 1 rings (SSSR count). The van der Waals surface area contributed by atoms with Crippen LogP contribution in [0.25, 0.3) is 0 Å². The standard InChI is InChI=1S/C9H15NO/c1-2-3-5-8-6-4-7-10-9(8)11/h2,8H,1,3-7H2,(H,10,11). The molecule has 0 aliphatic carbocycles. The maximum atomic E-state index is 11.2. The molecule has 0 spiro atoms. The summed E-state index contributed by atoms with van der Waals surface area (Å²) >= 11 is 0. The van der Waals surface area contributed by atoms with Crippen molar-refractivity contribution < 1.29 is 4.79 Å². The Hall–Kier alpha value is -0.790. The molecule has 2 heteroatoms. The van der Waals surface area contributed by atoms with Gasteiger partial charge in [-0.2, -0.15) is 0 Å². The third-order valence-corrected chi connectivity index (χ3v) is 2.12. The van der Waals surface area contributed by atoms with Crippen LogP contribution in [0, 0.1) is 5.92 Å². The van der Waals surface area contributed by atoms with Gasteiger partial charge in [0.25, 0.3) is 0 Å². The van der Waals surface area contributed by atoms with Crippen molar-refractivity contribution in [3.63, 3.8) is 0 Å². The molecule has 1 unspecified atom stereocenters. The zero-order valence-corrected chi connectivity index (χ0v) is 6.81. The predicted molar refractivity (Wildman–Crippen MR) is 45.2 cm³/mol. The second-order valence-corrected chi connectivity index (χ2v) is 3.00. The van der Waals surface area contributed by atoms with Gasteiger partial charge in [-0.15, -0.1) is 6.58 Å². The number of hydrogen-bond donors (Lipinski definition) is 1. The number of piperidine rings is 1. The highest BCUT2D eigenvalue weighted by atomic mass is 16.1. The first-order valence-electron chi connectivity index (χ1n) is 4.23. The van der Waals surface area contributed by atoms with Gasteiger partial charge in [0.05, 0.1) is 0 Å². The van der Waals surface area contributed by atoms with Crippen LogP contribution in [0.3, 0.4) is 0 Å². The van der Waals surface area contributed by atoms with E-state index in [9.17, 15) is 4.79 Å². The zero-order chi connectivity index (χ0) is 8.10. The van der Waals surface area contributed by atoms with Crippen LogP contribution < -0.4 is 5.32 Å². The molecule has 0 aromatic carbocycles. The molecule has 1 amide bonds. The summed E-state index contributed by atoms with van der Waals surface area (Å²) in [7, 11) is 0. The van der Waals surface area contributed by atoms with Gasteiger partial charge in [0, 0.05) is 12.5 Å². The van der Waals surface area contributed by atoms with E-state index in [1.807, 2.05) is 6.08 Å². The quantitative estimate of drug-likeness (QED) is 0.611. The molecule has 11 heavy (non-hydrogen) atoms. The molecule has 1 N–H and O–H groups in total. The van der Waals surface area contributed by atoms with Crippen LogP contribution in [-0.4, -0.2) is 12.5 Å². The Morgan fingerprint density at radius 1 is 1.73 bits per heavy atom. The predicted octanol–water partition coefficient (Wildman–Crippen LogP) is 1.48. The minimum atomic E-state index is 0.234. The van der Waals surface area contributed by atoms with Crippen molar-refractivity contribution in [1.82, 2.24) is 5.32 Å². The molecule has 0 aromatic heterocycles. The van der Waals surface area contributed by atoms with Crippen molar-refractivity contribution in [1.29, 1.82) is 0 Å². The lowest BCUT2D eigenvalue weighted by Gasteiger charge is -2.20. The first-order valence-corrected chi connectivity index (χ1v) is 4.23. The van der Waals surface area contributed by atoms with Gasteiger partial charge < -0.3 is 5.32 Å². The second kappa shape index (κ2) is 4.16. The Morgan fingerprint density at radius 3 is 3.18 bits per heavy atom. The smallest absolute Gasteiger partial charge is 0.223 e. The van der Waals surface area contributed by atoms with Crippen LogP contribution in [0.1, 0.15) is 25.7 Å². The fourth-order valence-electron chi connectivity index (χ4n) is 1.43. The third kappa shape index (κ3) is 2.37. The summed E-state index contributed by atoms with van der Waals surface area (Å²) in [5.74, 6) is 0.486. The molecule has 0 aromatic rings. The topological polar surface area (TPSA) is 29.1 Å². The van der Waals surface area contributed by atoms with Crippen molar-refractivity contribution in [3.8, 4) is 0 Å². The summed E-state index contributed by atoms with van der Waals surface area (Å²) in [4.78, 5) is 11.2. The van der Waals surface area contributed by atoms with Gasteiger partial charge in [0.1, 0.15) is 0 Å². The first-order chi connectivity index (χ1) is 5.34. The van der Waals surface area contributed by atoms with Crippen molar-refractivity contribution in [2.45, 2.75) is 25.7 Å². The van der Waals surface area contributed by atoms with Crippen molar-refractivity contribution >= 4 is 5.91 Å². The van der Waals surface area contributed by atoms with Crippen LogP contribution in [-0.2, 0) is 4.79 Å². The Balaban J connectivity index is 2.29. The maximum absolute atomic E-state index is 11.2. The molecule has 1 saturated heterocycles. The van der Waals surface area contributed by atoms with Crippen LogP contribution in [0.15, 0.2) is 12.7 Å². The summed E-state index contributed by atoms with van der Waals surface area (Å²) in [5, 5.41) is 2.87. The van der Waals surface area contributed by atoms with Crippen molar-refractivity contribution in [3.05, 3.63) is 12.7 Å². The molecule has 2 nitrogen and oxygen atoms in total. The van der Waals surface area contributed by atoms with Crippen LogP contribution in [0.5, 0.6) is 0 Å². The Morgan fingerprint density at radius 2 is 2.55 bits per heavy atom. The number of rotatable bonds is 3. The first kappa shape index (κ1) is 8.31. The van der Waals surface area contributed by atoms with E-state index in [1.165, 1.54) is 0 Å². The molecular weight excluding hydrogens is 138 g/mol. The second-order valence-electron chi connectivity index (χ2n) is 3.00. The summed E-state index contributed by atoms with van der Waals surface area (Å²) in [6, 6.07) is 0. The summed E-state index contributed by atoms with van der Waals surface area (Å²) in [5.41, 5.74) is 0. The van der Waals surface area contributed by atoms with E-state index in [-0.39, 0.29) is 11.8 Å². The van der Waals surface area contributed by atoms with E-state index in [0.29, 0.717) is 0 Å². The van der Waals surface area contributed by atoms with Crippen molar-refractivity contribution in [2.75, 3.05) is 6.54 Å². The molecule has 1 aliphatic rings. The van der Waals surface area contributed by atoms with Gasteiger partial charge in [-0.1, -0.05) is 6.08 Å². The van der Waals surface area contributed by atoms with Crippen molar-refractivity contribution in [2.24, 2.45) is 5.92 Å². The van der Waals surface area contributed by atoms with E-state index in [1.54, 1.807) is 0 Å². The molecule has 1 heterocycles.